The zero-order chi connectivity index (χ0) is 41.7. The molecule has 1 heterocycles. The molecule has 0 bridgehead atoms. The van der Waals surface area contributed by atoms with E-state index in [2.05, 4.69) is 264 Å². The van der Waals surface area contributed by atoms with Gasteiger partial charge in [-0.15, -0.1) is 0 Å². The molecular formula is C61H42N2. The highest BCUT2D eigenvalue weighted by Crippen LogP contribution is 2.57. The second-order valence-electron chi connectivity index (χ2n) is 16.5. The van der Waals surface area contributed by atoms with E-state index in [0.717, 1.165) is 39.4 Å². The van der Waals surface area contributed by atoms with Gasteiger partial charge in [-0.3, -0.25) is 0 Å². The second-order valence-corrected chi connectivity index (χ2v) is 16.5. The monoisotopic (exact) mass is 802 g/mol. The van der Waals surface area contributed by atoms with Crippen molar-refractivity contribution in [1.29, 1.82) is 0 Å². The lowest BCUT2D eigenvalue weighted by atomic mass is 9.67. The van der Waals surface area contributed by atoms with Crippen molar-refractivity contribution in [2.24, 2.45) is 0 Å². The molecule has 12 rings (SSSR count). The lowest BCUT2D eigenvalue weighted by Crippen LogP contribution is -2.28. The van der Waals surface area contributed by atoms with E-state index in [1.807, 2.05) is 0 Å². The molecule has 0 fully saturated rings. The van der Waals surface area contributed by atoms with Crippen molar-refractivity contribution in [3.63, 3.8) is 0 Å². The molecule has 1 aromatic heterocycles. The van der Waals surface area contributed by atoms with Crippen molar-refractivity contribution in [3.8, 4) is 39.1 Å². The summed E-state index contributed by atoms with van der Waals surface area (Å²) in [5.41, 5.74) is 18.4. The molecule has 0 N–H and O–H groups in total. The van der Waals surface area contributed by atoms with Crippen molar-refractivity contribution >= 4 is 38.9 Å². The van der Waals surface area contributed by atoms with Crippen molar-refractivity contribution in [3.05, 3.63) is 277 Å². The first-order valence-corrected chi connectivity index (χ1v) is 21.8. The largest absolute Gasteiger partial charge is 0.310 e. The molecule has 10 aromatic carbocycles. The van der Waals surface area contributed by atoms with E-state index in [0.29, 0.717) is 0 Å². The van der Waals surface area contributed by atoms with Gasteiger partial charge in [0.2, 0.25) is 0 Å². The van der Waals surface area contributed by atoms with Crippen molar-refractivity contribution < 1.29 is 0 Å². The average molecular weight is 803 g/mol. The minimum Gasteiger partial charge on any atom is -0.310 e. The first kappa shape index (κ1) is 36.6. The zero-order valence-corrected chi connectivity index (χ0v) is 34.6. The van der Waals surface area contributed by atoms with Gasteiger partial charge in [0.05, 0.1) is 16.4 Å². The van der Waals surface area contributed by atoms with E-state index in [9.17, 15) is 0 Å². The van der Waals surface area contributed by atoms with Gasteiger partial charge in [0.1, 0.15) is 0 Å². The van der Waals surface area contributed by atoms with E-state index in [4.69, 9.17) is 0 Å². The molecule has 2 nitrogen and oxygen atoms in total. The summed E-state index contributed by atoms with van der Waals surface area (Å²) in [7, 11) is 0. The smallest absolute Gasteiger partial charge is 0.0714 e. The Morgan fingerprint density at radius 2 is 0.794 bits per heavy atom. The summed E-state index contributed by atoms with van der Waals surface area (Å²) in [6, 6.07) is 93.5. The number of para-hydroxylation sites is 2. The van der Waals surface area contributed by atoms with Crippen LogP contribution in [0.5, 0.6) is 0 Å². The highest BCUT2D eigenvalue weighted by atomic mass is 15.1. The summed E-state index contributed by atoms with van der Waals surface area (Å²) in [5, 5.41) is 2.45. The van der Waals surface area contributed by atoms with Crippen LogP contribution in [0, 0.1) is 0 Å². The molecule has 0 unspecified atom stereocenters. The summed E-state index contributed by atoms with van der Waals surface area (Å²) in [5.74, 6) is 0. The topological polar surface area (TPSA) is 8.17 Å². The maximum atomic E-state index is 2.48. The first-order chi connectivity index (χ1) is 31.3. The first-order valence-electron chi connectivity index (χ1n) is 21.8. The van der Waals surface area contributed by atoms with Crippen LogP contribution >= 0.6 is 0 Å². The molecule has 2 heteroatoms. The highest BCUT2D eigenvalue weighted by Gasteiger charge is 2.46. The zero-order valence-electron chi connectivity index (χ0n) is 34.6. The van der Waals surface area contributed by atoms with Gasteiger partial charge < -0.3 is 9.47 Å². The molecule has 0 amide bonds. The Kier molecular flexibility index (Phi) is 8.76. The van der Waals surface area contributed by atoms with Gasteiger partial charge >= 0.3 is 0 Å². The summed E-state index contributed by atoms with van der Waals surface area (Å²) < 4.78 is 2.41. The molecule has 1 aliphatic rings. The van der Waals surface area contributed by atoms with Gasteiger partial charge in [-0.1, -0.05) is 194 Å². The van der Waals surface area contributed by atoms with Gasteiger partial charge in [-0.05, 0) is 116 Å². The summed E-state index contributed by atoms with van der Waals surface area (Å²) in [6.45, 7) is 0. The second kappa shape index (κ2) is 15.1. The lowest BCUT2D eigenvalue weighted by molar-refractivity contribution is 0.768. The predicted octanol–water partition coefficient (Wildman–Crippen LogP) is 16.0. The molecule has 0 aliphatic heterocycles. The molecule has 0 saturated carbocycles. The molecule has 63 heavy (non-hydrogen) atoms. The van der Waals surface area contributed by atoms with Gasteiger partial charge in [-0.25, -0.2) is 0 Å². The van der Waals surface area contributed by atoms with Gasteiger partial charge in [0.25, 0.3) is 0 Å². The van der Waals surface area contributed by atoms with Crippen LogP contribution in [-0.2, 0) is 5.41 Å². The third-order valence-electron chi connectivity index (χ3n) is 13.0. The Morgan fingerprint density at radius 1 is 0.302 bits per heavy atom. The van der Waals surface area contributed by atoms with Gasteiger partial charge in [0.15, 0.2) is 0 Å². The van der Waals surface area contributed by atoms with Crippen LogP contribution < -0.4 is 4.90 Å². The van der Waals surface area contributed by atoms with Crippen molar-refractivity contribution in [1.82, 2.24) is 4.57 Å². The van der Waals surface area contributed by atoms with E-state index >= 15 is 0 Å². The molecular weight excluding hydrogens is 761 g/mol. The molecule has 0 spiro atoms. The third-order valence-corrected chi connectivity index (χ3v) is 13.0. The maximum absolute atomic E-state index is 2.48. The average Bonchev–Trinajstić information content (AvgIpc) is 3.85. The number of rotatable bonds is 8. The van der Waals surface area contributed by atoms with Crippen LogP contribution in [0.25, 0.3) is 60.9 Å². The maximum Gasteiger partial charge on any atom is 0.0714 e. The molecule has 296 valence electrons. The lowest BCUT2D eigenvalue weighted by Gasteiger charge is -2.35. The van der Waals surface area contributed by atoms with Crippen LogP contribution in [-0.4, -0.2) is 4.57 Å². The van der Waals surface area contributed by atoms with Crippen LogP contribution in [0.1, 0.15) is 22.3 Å². The van der Waals surface area contributed by atoms with E-state index in [-0.39, 0.29) is 0 Å². The fourth-order valence-electron chi connectivity index (χ4n) is 10.3. The molecule has 0 atom stereocenters. The van der Waals surface area contributed by atoms with E-state index < -0.39 is 5.41 Å². The quantitative estimate of drug-likeness (QED) is 0.149. The summed E-state index contributed by atoms with van der Waals surface area (Å²) in [4.78, 5) is 2.48. The number of aromatic nitrogens is 1. The molecule has 0 radical (unpaired) electrons. The predicted molar refractivity (Wildman–Crippen MR) is 264 cm³/mol. The number of hydrogen-bond acceptors (Lipinski definition) is 1. The molecule has 1 aliphatic carbocycles. The van der Waals surface area contributed by atoms with Crippen LogP contribution in [0.15, 0.2) is 255 Å². The number of hydrogen-bond donors (Lipinski definition) is 0. The van der Waals surface area contributed by atoms with Gasteiger partial charge in [0, 0.05) is 33.5 Å². The Bertz CT molecular complexity index is 3330. The number of benzene rings is 10. The van der Waals surface area contributed by atoms with Crippen LogP contribution in [0.4, 0.5) is 17.1 Å². The fraction of sp³-hybridized carbons (Fsp3) is 0.0164. The molecule has 11 aromatic rings. The Labute approximate surface area is 368 Å². The van der Waals surface area contributed by atoms with Crippen molar-refractivity contribution in [2.45, 2.75) is 5.41 Å². The van der Waals surface area contributed by atoms with E-state index in [1.165, 1.54) is 60.8 Å². The normalized spacial score (nSPS) is 12.6. The third kappa shape index (κ3) is 5.95. The minimum absolute atomic E-state index is 0.541. The Hall–Kier alpha value is -8.20. The summed E-state index contributed by atoms with van der Waals surface area (Å²) >= 11 is 0. The Balaban J connectivity index is 1.17. The summed E-state index contributed by atoms with van der Waals surface area (Å²) in [6.07, 6.45) is 0. The van der Waals surface area contributed by atoms with Crippen LogP contribution in [0.3, 0.4) is 0 Å². The minimum atomic E-state index is -0.541. The number of fused-ring (bicyclic) bond motifs is 6. The number of nitrogens with zero attached hydrogens (tertiary/aromatic N) is 2. The van der Waals surface area contributed by atoms with Crippen molar-refractivity contribution in [2.75, 3.05) is 4.90 Å². The standard InChI is InChI=1S/C61H42N2/c1-6-20-43(21-7-1)45-38-46(44-22-8-2-9-23-44)40-52(39-45)62(51-35-37-56-55-31-17-19-33-59(55)63(60(56)42-51)49-28-14-5-15-29-49)50-34-36-54-53-30-16-18-32-57(53)61(58(54)41-50,47-24-10-3-11-25-47)48-26-12-4-13-27-48/h1-42H. The Morgan fingerprint density at radius 3 is 1.44 bits per heavy atom. The van der Waals surface area contributed by atoms with Gasteiger partial charge in [-0.2, -0.15) is 0 Å². The SMILES string of the molecule is c1ccc(-c2cc(-c3ccccc3)cc(N(c3ccc4c(c3)C(c3ccccc3)(c3ccccc3)c3ccccc3-4)c3ccc4c5ccccc5n(-c5ccccc5)c4c3)c2)cc1. The highest BCUT2D eigenvalue weighted by molar-refractivity contribution is 6.10. The fourth-order valence-corrected chi connectivity index (χ4v) is 10.3. The molecule has 0 saturated heterocycles. The van der Waals surface area contributed by atoms with Crippen LogP contribution in [0.2, 0.25) is 0 Å². The van der Waals surface area contributed by atoms with E-state index in [1.54, 1.807) is 0 Å². The number of anilines is 3.